The minimum Gasteiger partial charge on any atom is -0.481 e. The number of carboxylic acids is 1. The Balaban J connectivity index is 3.66. The summed E-state index contributed by atoms with van der Waals surface area (Å²) < 4.78 is 0.381. The van der Waals surface area contributed by atoms with Crippen LogP contribution in [0, 0.1) is 0 Å². The van der Waals surface area contributed by atoms with E-state index in [9.17, 15) is 4.79 Å². The largest absolute Gasteiger partial charge is 0.481 e. The maximum Gasteiger partial charge on any atom is 0.313 e. The normalized spacial score (nSPS) is 10.1. The highest BCUT2D eigenvalue weighted by molar-refractivity contribution is 8.23. The van der Waals surface area contributed by atoms with Gasteiger partial charge in [-0.25, -0.2) is 10.9 Å². The van der Waals surface area contributed by atoms with Crippen LogP contribution >= 0.6 is 24.0 Å². The van der Waals surface area contributed by atoms with Crippen LogP contribution in [-0.2, 0) is 4.79 Å². The number of hydrogen-bond acceptors (Lipinski definition) is 6. The summed E-state index contributed by atoms with van der Waals surface area (Å²) in [7, 11) is 3.38. The first-order valence-electron chi connectivity index (χ1n) is 3.40. The molecule has 0 unspecified atom stereocenters. The Bertz CT molecular complexity index is 185. The van der Waals surface area contributed by atoms with Crippen molar-refractivity contribution in [2.24, 2.45) is 0 Å². The molecule has 0 aliphatic heterocycles. The van der Waals surface area contributed by atoms with Gasteiger partial charge in [0.05, 0.1) is 5.75 Å². The summed E-state index contributed by atoms with van der Waals surface area (Å²) in [5.41, 5.74) is 8.18. The quantitative estimate of drug-likeness (QED) is 0.356. The van der Waals surface area contributed by atoms with Gasteiger partial charge in [0.15, 0.2) is 4.32 Å². The first-order valence-corrected chi connectivity index (χ1v) is 4.79. The fourth-order valence-electron chi connectivity index (χ4n) is 0.474. The zero-order chi connectivity index (χ0) is 10.3. The third kappa shape index (κ3) is 6.72. The van der Waals surface area contributed by atoms with Crippen molar-refractivity contribution in [3.63, 3.8) is 0 Å². The summed E-state index contributed by atoms with van der Waals surface area (Å²) in [5.74, 6) is -0.942. The minimum atomic E-state index is -0.894. The lowest BCUT2D eigenvalue weighted by atomic mass is 10.8. The molecule has 0 aromatic carbocycles. The summed E-state index contributed by atoms with van der Waals surface area (Å²) in [4.78, 5) is 10.2. The van der Waals surface area contributed by atoms with Crippen molar-refractivity contribution in [2.75, 3.05) is 19.8 Å². The molecule has 6 nitrogen and oxygen atoms in total. The third-order valence-electron chi connectivity index (χ3n) is 0.977. The Labute approximate surface area is 86.0 Å². The molecule has 0 fully saturated rings. The van der Waals surface area contributed by atoms with Crippen molar-refractivity contribution >= 4 is 34.3 Å². The predicted octanol–water partition coefficient (Wildman–Crippen LogP) is -0.835. The first-order chi connectivity index (χ1) is 6.10. The molecule has 0 saturated carbocycles. The molecule has 0 aromatic heterocycles. The molecule has 0 rings (SSSR count). The third-order valence-corrected chi connectivity index (χ3v) is 2.17. The molecule has 0 saturated heterocycles. The average Bonchev–Trinajstić information content (AvgIpc) is 2.10. The molecule has 0 amide bonds. The lowest BCUT2D eigenvalue weighted by molar-refractivity contribution is -0.133. The second kappa shape index (κ2) is 7.04. The van der Waals surface area contributed by atoms with E-state index in [1.165, 1.54) is 5.23 Å². The fraction of sp³-hybridized carbons (Fsp3) is 0.600. The van der Waals surface area contributed by atoms with Gasteiger partial charge in [-0.1, -0.05) is 29.2 Å². The Morgan fingerprint density at radius 2 is 2.08 bits per heavy atom. The molecule has 0 aliphatic rings. The standard InChI is InChI=1S/C5H12N4O2S2/c1-6-9(7-2)8-5(12)13-3-4(10)11/h6-7H,3H2,1-2H3,(H,8,12)(H,10,11). The minimum absolute atomic E-state index is 0.0485. The Morgan fingerprint density at radius 3 is 2.46 bits per heavy atom. The van der Waals surface area contributed by atoms with Crippen molar-refractivity contribution in [3.8, 4) is 0 Å². The van der Waals surface area contributed by atoms with Crippen LogP contribution in [-0.4, -0.2) is 40.5 Å². The van der Waals surface area contributed by atoms with Crippen LogP contribution in [0.5, 0.6) is 0 Å². The summed E-state index contributed by atoms with van der Waals surface area (Å²) in [6.07, 6.45) is 0. The number of hydrazine groups is 3. The van der Waals surface area contributed by atoms with Crippen LogP contribution in [0.1, 0.15) is 0 Å². The smallest absolute Gasteiger partial charge is 0.313 e. The van der Waals surface area contributed by atoms with Gasteiger partial charge in [-0.05, 0) is 0 Å². The Hall–Kier alpha value is -0.410. The van der Waals surface area contributed by atoms with Crippen LogP contribution < -0.4 is 16.3 Å². The topological polar surface area (TPSA) is 76.6 Å². The number of carbonyl (C=O) groups is 1. The number of nitrogens with zero attached hydrogens (tertiary/aromatic N) is 1. The second-order valence-electron chi connectivity index (χ2n) is 1.86. The molecule has 76 valence electrons. The van der Waals surface area contributed by atoms with Crippen molar-refractivity contribution in [2.45, 2.75) is 0 Å². The molecular weight excluding hydrogens is 212 g/mol. The van der Waals surface area contributed by atoms with Gasteiger partial charge in [0.25, 0.3) is 0 Å². The zero-order valence-electron chi connectivity index (χ0n) is 7.33. The van der Waals surface area contributed by atoms with Gasteiger partial charge in [0, 0.05) is 14.1 Å². The van der Waals surface area contributed by atoms with E-state index in [0.717, 1.165) is 11.8 Å². The lowest BCUT2D eigenvalue weighted by Crippen LogP contribution is -2.54. The number of rotatable bonds is 5. The van der Waals surface area contributed by atoms with E-state index in [4.69, 9.17) is 17.3 Å². The van der Waals surface area contributed by atoms with Gasteiger partial charge in [0.2, 0.25) is 0 Å². The van der Waals surface area contributed by atoms with E-state index >= 15 is 0 Å². The highest BCUT2D eigenvalue weighted by Gasteiger charge is 2.04. The number of nitrogens with one attached hydrogen (secondary N) is 3. The van der Waals surface area contributed by atoms with E-state index < -0.39 is 5.97 Å². The molecule has 0 atom stereocenters. The van der Waals surface area contributed by atoms with E-state index in [-0.39, 0.29) is 5.75 Å². The van der Waals surface area contributed by atoms with Crippen molar-refractivity contribution < 1.29 is 9.90 Å². The Morgan fingerprint density at radius 1 is 1.54 bits per heavy atom. The van der Waals surface area contributed by atoms with E-state index in [1.807, 2.05) is 0 Å². The molecule has 0 spiro atoms. The van der Waals surface area contributed by atoms with Crippen LogP contribution in [0.15, 0.2) is 0 Å². The van der Waals surface area contributed by atoms with E-state index in [0.29, 0.717) is 4.32 Å². The Kier molecular flexibility index (Phi) is 6.82. The van der Waals surface area contributed by atoms with Crippen LogP contribution in [0.4, 0.5) is 0 Å². The first kappa shape index (κ1) is 12.6. The maximum atomic E-state index is 10.2. The van der Waals surface area contributed by atoms with Crippen LogP contribution in [0.2, 0.25) is 0 Å². The van der Waals surface area contributed by atoms with Crippen LogP contribution in [0.3, 0.4) is 0 Å². The lowest BCUT2D eigenvalue weighted by Gasteiger charge is -2.20. The highest BCUT2D eigenvalue weighted by Crippen LogP contribution is 2.00. The average molecular weight is 224 g/mol. The molecule has 8 heteroatoms. The number of carboxylic acid groups (broad SMARTS) is 1. The van der Waals surface area contributed by atoms with E-state index in [1.54, 1.807) is 14.1 Å². The van der Waals surface area contributed by atoms with Gasteiger partial charge in [-0.3, -0.25) is 10.2 Å². The molecule has 0 bridgehead atoms. The maximum absolute atomic E-state index is 10.2. The van der Waals surface area contributed by atoms with Crippen LogP contribution in [0.25, 0.3) is 0 Å². The van der Waals surface area contributed by atoms with Crippen molar-refractivity contribution in [1.82, 2.24) is 21.5 Å². The molecule has 13 heavy (non-hydrogen) atoms. The zero-order valence-corrected chi connectivity index (χ0v) is 8.96. The summed E-state index contributed by atoms with van der Waals surface area (Å²) in [6, 6.07) is 0. The number of hydrogen-bond donors (Lipinski definition) is 4. The van der Waals surface area contributed by atoms with Gasteiger partial charge in [0.1, 0.15) is 0 Å². The highest BCUT2D eigenvalue weighted by atomic mass is 32.2. The summed E-state index contributed by atoms with van der Waals surface area (Å²) in [5, 5.41) is 9.77. The van der Waals surface area contributed by atoms with E-state index in [2.05, 4.69) is 16.3 Å². The van der Waals surface area contributed by atoms with Gasteiger partial charge in [-0.2, -0.15) is 0 Å². The number of thioether (sulfide) groups is 1. The second-order valence-corrected chi connectivity index (χ2v) is 3.52. The number of thiocarbonyl (C=S) groups is 1. The van der Waals surface area contributed by atoms with Gasteiger partial charge < -0.3 is 5.11 Å². The molecule has 4 N–H and O–H groups in total. The fourth-order valence-corrected chi connectivity index (χ4v) is 1.15. The molecule has 0 aromatic rings. The van der Waals surface area contributed by atoms with Crippen molar-refractivity contribution in [3.05, 3.63) is 0 Å². The molecule has 0 heterocycles. The molecular formula is C5H12N4O2S2. The van der Waals surface area contributed by atoms with Gasteiger partial charge >= 0.3 is 5.97 Å². The monoisotopic (exact) mass is 224 g/mol. The molecule has 0 aliphatic carbocycles. The summed E-state index contributed by atoms with van der Waals surface area (Å²) >= 11 is 5.89. The van der Waals surface area contributed by atoms with Gasteiger partial charge in [-0.15, -0.1) is 0 Å². The molecule has 0 radical (unpaired) electrons. The van der Waals surface area contributed by atoms with Crippen molar-refractivity contribution in [1.29, 1.82) is 0 Å². The SMILES string of the molecule is CNN(NC)NC(=S)SCC(=O)O. The number of aliphatic carboxylic acids is 1. The predicted molar refractivity (Wildman–Crippen MR) is 55.8 cm³/mol. The summed E-state index contributed by atoms with van der Waals surface area (Å²) in [6.45, 7) is 0.